The summed E-state index contributed by atoms with van der Waals surface area (Å²) >= 11 is 0. The van der Waals surface area contributed by atoms with Gasteiger partial charge in [-0.25, -0.2) is 8.78 Å². The lowest BCUT2D eigenvalue weighted by atomic mass is 10.2. The van der Waals surface area contributed by atoms with Crippen LogP contribution in [0, 0.1) is 11.6 Å². The Morgan fingerprint density at radius 3 is 2.53 bits per heavy atom. The summed E-state index contributed by atoms with van der Waals surface area (Å²) in [6.45, 7) is 4.85. The van der Waals surface area contributed by atoms with Crippen LogP contribution in [-0.2, 0) is 0 Å². The van der Waals surface area contributed by atoms with E-state index in [0.29, 0.717) is 12.4 Å². The molecule has 108 valence electrons. The van der Waals surface area contributed by atoms with Gasteiger partial charge in [-0.15, -0.1) is 0 Å². The molecule has 0 atom stereocenters. The average molecular weight is 271 g/mol. The predicted molar refractivity (Wildman–Crippen MR) is 73.5 cm³/mol. The minimum Gasteiger partial charge on any atom is -0.493 e. The molecule has 0 bridgehead atoms. The molecule has 0 fully saturated rings. The predicted octanol–water partition coefficient (Wildman–Crippen LogP) is 3.90. The van der Waals surface area contributed by atoms with E-state index in [4.69, 9.17) is 4.74 Å². The molecule has 0 unspecified atom stereocenters. The SMILES string of the molecule is CCCNCCCCCCOc1ccc(F)c(F)c1. The van der Waals surface area contributed by atoms with Crippen LogP contribution in [0.3, 0.4) is 0 Å². The Hall–Kier alpha value is -1.16. The highest BCUT2D eigenvalue weighted by Crippen LogP contribution is 2.15. The van der Waals surface area contributed by atoms with Crippen molar-refractivity contribution in [2.75, 3.05) is 19.7 Å². The maximum atomic E-state index is 12.9. The third-order valence-corrected chi connectivity index (χ3v) is 2.83. The number of hydrogen-bond donors (Lipinski definition) is 1. The summed E-state index contributed by atoms with van der Waals surface area (Å²) in [7, 11) is 0. The summed E-state index contributed by atoms with van der Waals surface area (Å²) < 4.78 is 30.9. The minimum absolute atomic E-state index is 0.392. The molecule has 0 aliphatic rings. The van der Waals surface area contributed by atoms with Crippen molar-refractivity contribution >= 4 is 0 Å². The highest BCUT2D eigenvalue weighted by molar-refractivity contribution is 5.23. The first kappa shape index (κ1) is 15.9. The largest absolute Gasteiger partial charge is 0.493 e. The van der Waals surface area contributed by atoms with Crippen molar-refractivity contribution in [1.82, 2.24) is 5.32 Å². The van der Waals surface area contributed by atoms with E-state index in [2.05, 4.69) is 12.2 Å². The second kappa shape index (κ2) is 9.73. The van der Waals surface area contributed by atoms with Crippen molar-refractivity contribution < 1.29 is 13.5 Å². The molecule has 1 N–H and O–H groups in total. The maximum Gasteiger partial charge on any atom is 0.162 e. The number of unbranched alkanes of at least 4 members (excludes halogenated alkanes) is 3. The van der Waals surface area contributed by atoms with Gasteiger partial charge in [0.15, 0.2) is 11.6 Å². The fourth-order valence-electron chi connectivity index (χ4n) is 1.76. The van der Waals surface area contributed by atoms with Crippen LogP contribution in [0.5, 0.6) is 5.75 Å². The Balaban J connectivity index is 2.00. The monoisotopic (exact) mass is 271 g/mol. The van der Waals surface area contributed by atoms with Crippen molar-refractivity contribution in [3.05, 3.63) is 29.8 Å². The number of halogens is 2. The van der Waals surface area contributed by atoms with Crippen molar-refractivity contribution in [1.29, 1.82) is 0 Å². The van der Waals surface area contributed by atoms with E-state index in [9.17, 15) is 8.78 Å². The van der Waals surface area contributed by atoms with Gasteiger partial charge < -0.3 is 10.1 Å². The van der Waals surface area contributed by atoms with Gasteiger partial charge in [-0.1, -0.05) is 19.8 Å². The molecule has 4 heteroatoms. The molecule has 1 rings (SSSR count). The summed E-state index contributed by atoms with van der Waals surface area (Å²) in [6, 6.07) is 3.63. The van der Waals surface area contributed by atoms with Crippen LogP contribution in [0.2, 0.25) is 0 Å². The lowest BCUT2D eigenvalue weighted by Crippen LogP contribution is -2.15. The Kier molecular flexibility index (Phi) is 8.14. The number of ether oxygens (including phenoxy) is 1. The molecule has 0 aromatic heterocycles. The van der Waals surface area contributed by atoms with Crippen molar-refractivity contribution in [3.8, 4) is 5.75 Å². The molecular formula is C15H23F2NO. The maximum absolute atomic E-state index is 12.9. The summed E-state index contributed by atoms with van der Waals surface area (Å²) in [5.74, 6) is -1.31. The molecule has 0 saturated heterocycles. The molecule has 1 aromatic rings. The fraction of sp³-hybridized carbons (Fsp3) is 0.600. The molecule has 0 aliphatic heterocycles. The molecular weight excluding hydrogens is 248 g/mol. The standard InChI is InChI=1S/C15H23F2NO/c1-2-9-18-10-5-3-4-6-11-19-13-7-8-14(16)15(17)12-13/h7-8,12,18H,2-6,9-11H2,1H3. The van der Waals surface area contributed by atoms with Gasteiger partial charge in [-0.2, -0.15) is 0 Å². The zero-order valence-corrected chi connectivity index (χ0v) is 11.6. The van der Waals surface area contributed by atoms with Crippen LogP contribution in [0.15, 0.2) is 18.2 Å². The summed E-state index contributed by atoms with van der Waals surface area (Å²) in [5.41, 5.74) is 0. The van der Waals surface area contributed by atoms with Crippen LogP contribution in [0.1, 0.15) is 39.0 Å². The number of nitrogens with one attached hydrogen (secondary N) is 1. The molecule has 0 aliphatic carbocycles. The lowest BCUT2D eigenvalue weighted by Gasteiger charge is -2.06. The third kappa shape index (κ3) is 7.11. The molecule has 0 amide bonds. The number of rotatable bonds is 10. The van der Waals surface area contributed by atoms with E-state index >= 15 is 0 Å². The van der Waals surface area contributed by atoms with E-state index in [1.165, 1.54) is 18.9 Å². The van der Waals surface area contributed by atoms with Gasteiger partial charge in [0.1, 0.15) is 5.75 Å². The quantitative estimate of drug-likeness (QED) is 0.652. The van der Waals surface area contributed by atoms with Gasteiger partial charge in [-0.05, 0) is 44.5 Å². The first-order valence-electron chi connectivity index (χ1n) is 7.02. The molecule has 1 aromatic carbocycles. The van der Waals surface area contributed by atoms with Crippen molar-refractivity contribution in [2.45, 2.75) is 39.0 Å². The zero-order valence-electron chi connectivity index (χ0n) is 11.6. The second-order valence-electron chi connectivity index (χ2n) is 4.59. The molecule has 0 heterocycles. The Bertz CT molecular complexity index is 358. The van der Waals surface area contributed by atoms with Crippen LogP contribution < -0.4 is 10.1 Å². The van der Waals surface area contributed by atoms with Crippen LogP contribution in [0.25, 0.3) is 0 Å². The van der Waals surface area contributed by atoms with E-state index in [0.717, 1.165) is 44.5 Å². The molecule has 2 nitrogen and oxygen atoms in total. The smallest absolute Gasteiger partial charge is 0.162 e. The van der Waals surface area contributed by atoms with Crippen molar-refractivity contribution in [2.24, 2.45) is 0 Å². The normalized spacial score (nSPS) is 10.7. The molecule has 0 spiro atoms. The lowest BCUT2D eigenvalue weighted by molar-refractivity contribution is 0.302. The van der Waals surface area contributed by atoms with E-state index in [1.54, 1.807) is 0 Å². The van der Waals surface area contributed by atoms with Crippen LogP contribution in [0.4, 0.5) is 8.78 Å². The van der Waals surface area contributed by atoms with E-state index in [1.807, 2.05) is 0 Å². The second-order valence-corrected chi connectivity index (χ2v) is 4.59. The first-order valence-corrected chi connectivity index (χ1v) is 7.02. The Labute approximate surface area is 114 Å². The Morgan fingerprint density at radius 2 is 1.79 bits per heavy atom. The highest BCUT2D eigenvalue weighted by Gasteiger charge is 2.02. The number of benzene rings is 1. The van der Waals surface area contributed by atoms with Crippen LogP contribution in [-0.4, -0.2) is 19.7 Å². The summed E-state index contributed by atoms with van der Waals surface area (Å²) in [5, 5.41) is 3.35. The molecule has 0 radical (unpaired) electrons. The van der Waals surface area contributed by atoms with Crippen LogP contribution >= 0.6 is 0 Å². The third-order valence-electron chi connectivity index (χ3n) is 2.83. The fourth-order valence-corrected chi connectivity index (χ4v) is 1.76. The molecule has 0 saturated carbocycles. The van der Waals surface area contributed by atoms with Gasteiger partial charge in [0.2, 0.25) is 0 Å². The highest BCUT2D eigenvalue weighted by atomic mass is 19.2. The average Bonchev–Trinajstić information content (AvgIpc) is 2.41. The topological polar surface area (TPSA) is 21.3 Å². The first-order chi connectivity index (χ1) is 9.24. The molecule has 19 heavy (non-hydrogen) atoms. The number of hydrogen-bond acceptors (Lipinski definition) is 2. The van der Waals surface area contributed by atoms with Gasteiger partial charge >= 0.3 is 0 Å². The van der Waals surface area contributed by atoms with Crippen molar-refractivity contribution in [3.63, 3.8) is 0 Å². The van der Waals surface area contributed by atoms with Gasteiger partial charge in [0, 0.05) is 6.07 Å². The summed E-state index contributed by atoms with van der Waals surface area (Å²) in [6.07, 6.45) is 5.54. The zero-order chi connectivity index (χ0) is 13.9. The van der Waals surface area contributed by atoms with Gasteiger partial charge in [-0.3, -0.25) is 0 Å². The minimum atomic E-state index is -0.862. The van der Waals surface area contributed by atoms with E-state index in [-0.39, 0.29) is 0 Å². The van der Waals surface area contributed by atoms with Gasteiger partial charge in [0.05, 0.1) is 6.61 Å². The van der Waals surface area contributed by atoms with E-state index < -0.39 is 11.6 Å². The summed E-state index contributed by atoms with van der Waals surface area (Å²) in [4.78, 5) is 0. The van der Waals surface area contributed by atoms with Gasteiger partial charge in [0.25, 0.3) is 0 Å². The Morgan fingerprint density at radius 1 is 1.00 bits per heavy atom.